The molecule has 1 aliphatic rings. The fraction of sp³-hybridized carbons (Fsp3) is 0.462. The lowest BCUT2D eigenvalue weighted by atomic mass is 9.94. The van der Waals surface area contributed by atoms with Crippen LogP contribution in [0.2, 0.25) is 0 Å². The van der Waals surface area contributed by atoms with Gasteiger partial charge < -0.3 is 5.32 Å². The first-order valence-electron chi connectivity index (χ1n) is 11.3. The van der Waals surface area contributed by atoms with Crippen LogP contribution in [-0.4, -0.2) is 29.7 Å². The molecule has 0 aromatic heterocycles. The van der Waals surface area contributed by atoms with E-state index in [1.54, 1.807) is 0 Å². The number of amides is 1. The number of benzene rings is 2. The van der Waals surface area contributed by atoms with Gasteiger partial charge in [-0.25, -0.2) is 0 Å². The SMILES string of the molecule is CCc1ccc(C(=O)CCC(=O)Nc2ccccc2CN(C)C2CCCCC2)cc1. The van der Waals surface area contributed by atoms with E-state index in [0.29, 0.717) is 11.6 Å². The minimum atomic E-state index is -0.110. The van der Waals surface area contributed by atoms with Gasteiger partial charge in [-0.1, -0.05) is 68.7 Å². The van der Waals surface area contributed by atoms with E-state index in [0.717, 1.165) is 24.2 Å². The van der Waals surface area contributed by atoms with Crippen LogP contribution >= 0.6 is 0 Å². The van der Waals surface area contributed by atoms with E-state index in [4.69, 9.17) is 0 Å². The number of carbonyl (C=O) groups is 2. The summed E-state index contributed by atoms with van der Waals surface area (Å²) in [5.74, 6) is -0.0978. The van der Waals surface area contributed by atoms with Gasteiger partial charge in [-0.05, 0) is 43.5 Å². The van der Waals surface area contributed by atoms with E-state index in [1.807, 2.05) is 42.5 Å². The van der Waals surface area contributed by atoms with Crippen LogP contribution in [0.5, 0.6) is 0 Å². The normalized spacial score (nSPS) is 14.6. The van der Waals surface area contributed by atoms with Gasteiger partial charge >= 0.3 is 0 Å². The van der Waals surface area contributed by atoms with Crippen molar-refractivity contribution in [1.29, 1.82) is 0 Å². The van der Waals surface area contributed by atoms with Crippen molar-refractivity contribution in [3.05, 3.63) is 65.2 Å². The summed E-state index contributed by atoms with van der Waals surface area (Å²) >= 11 is 0. The number of hydrogen-bond donors (Lipinski definition) is 1. The summed E-state index contributed by atoms with van der Waals surface area (Å²) in [6.07, 6.45) is 7.84. The Balaban J connectivity index is 1.53. The number of hydrogen-bond acceptors (Lipinski definition) is 3. The van der Waals surface area contributed by atoms with Crippen LogP contribution in [0.4, 0.5) is 5.69 Å². The highest BCUT2D eigenvalue weighted by Gasteiger charge is 2.19. The molecule has 4 heteroatoms. The molecule has 1 aliphatic carbocycles. The quantitative estimate of drug-likeness (QED) is 0.550. The number of para-hydroxylation sites is 1. The average Bonchev–Trinajstić information content (AvgIpc) is 2.79. The summed E-state index contributed by atoms with van der Waals surface area (Å²) < 4.78 is 0. The summed E-state index contributed by atoms with van der Waals surface area (Å²) in [5, 5.41) is 3.03. The Morgan fingerprint density at radius 2 is 1.67 bits per heavy atom. The highest BCUT2D eigenvalue weighted by Crippen LogP contribution is 2.25. The number of nitrogens with one attached hydrogen (secondary N) is 1. The van der Waals surface area contributed by atoms with Gasteiger partial charge in [0.15, 0.2) is 5.78 Å². The monoisotopic (exact) mass is 406 g/mol. The smallest absolute Gasteiger partial charge is 0.224 e. The topological polar surface area (TPSA) is 49.4 Å². The van der Waals surface area contributed by atoms with Crippen LogP contribution in [-0.2, 0) is 17.8 Å². The number of ketones is 1. The van der Waals surface area contributed by atoms with Gasteiger partial charge in [0.1, 0.15) is 0 Å². The molecule has 1 amide bonds. The van der Waals surface area contributed by atoms with Crippen molar-refractivity contribution >= 4 is 17.4 Å². The Hall–Kier alpha value is -2.46. The third-order valence-electron chi connectivity index (χ3n) is 6.17. The molecule has 0 aliphatic heterocycles. The zero-order chi connectivity index (χ0) is 21.3. The van der Waals surface area contributed by atoms with E-state index in [1.165, 1.54) is 37.7 Å². The molecule has 2 aromatic rings. The lowest BCUT2D eigenvalue weighted by Crippen LogP contribution is -2.33. The molecule has 0 unspecified atom stereocenters. The fourth-order valence-electron chi connectivity index (χ4n) is 4.21. The van der Waals surface area contributed by atoms with Crippen LogP contribution < -0.4 is 5.32 Å². The first kappa shape index (κ1) is 22.2. The summed E-state index contributed by atoms with van der Waals surface area (Å²) in [7, 11) is 2.18. The number of Topliss-reactive ketones (excluding diaryl/α,β-unsaturated/α-hetero) is 1. The second-order valence-corrected chi connectivity index (χ2v) is 8.39. The minimum absolute atomic E-state index is 0.0121. The zero-order valence-electron chi connectivity index (χ0n) is 18.3. The number of nitrogens with zero attached hydrogens (tertiary/aromatic N) is 1. The number of carbonyl (C=O) groups excluding carboxylic acids is 2. The maximum Gasteiger partial charge on any atom is 0.224 e. The summed E-state index contributed by atoms with van der Waals surface area (Å²) in [4.78, 5) is 27.3. The Labute approximate surface area is 180 Å². The predicted octanol–water partition coefficient (Wildman–Crippen LogP) is 5.62. The van der Waals surface area contributed by atoms with Gasteiger partial charge in [-0.3, -0.25) is 14.5 Å². The molecular formula is C26H34N2O2. The second kappa shape index (κ2) is 11.1. The molecule has 0 heterocycles. The third-order valence-corrected chi connectivity index (χ3v) is 6.17. The molecule has 160 valence electrons. The molecule has 0 atom stereocenters. The molecule has 3 rings (SSSR count). The lowest BCUT2D eigenvalue weighted by Gasteiger charge is -2.31. The van der Waals surface area contributed by atoms with Gasteiger partial charge in [0.2, 0.25) is 5.91 Å². The standard InChI is InChI=1S/C26H34N2O2/c1-3-20-13-15-21(16-14-20)25(29)17-18-26(30)27-24-12-8-7-9-22(24)19-28(2)23-10-5-4-6-11-23/h7-9,12-16,23H,3-6,10-11,17-19H2,1-2H3,(H,27,30). The molecule has 0 spiro atoms. The Bertz CT molecular complexity index is 838. The van der Waals surface area contributed by atoms with Gasteiger partial charge in [-0.2, -0.15) is 0 Å². The molecule has 0 saturated heterocycles. The Kier molecular flexibility index (Phi) is 8.21. The van der Waals surface area contributed by atoms with Gasteiger partial charge in [0, 0.05) is 36.7 Å². The van der Waals surface area contributed by atoms with E-state index in [-0.39, 0.29) is 24.5 Å². The summed E-state index contributed by atoms with van der Waals surface area (Å²) in [6.45, 7) is 2.91. The fourth-order valence-corrected chi connectivity index (χ4v) is 4.21. The first-order chi connectivity index (χ1) is 14.6. The molecule has 0 radical (unpaired) electrons. The number of anilines is 1. The summed E-state index contributed by atoms with van der Waals surface area (Å²) in [5.41, 5.74) is 3.86. The van der Waals surface area contributed by atoms with E-state index >= 15 is 0 Å². The van der Waals surface area contributed by atoms with Gasteiger partial charge in [0.05, 0.1) is 0 Å². The predicted molar refractivity (Wildman–Crippen MR) is 123 cm³/mol. The minimum Gasteiger partial charge on any atom is -0.326 e. The third kappa shape index (κ3) is 6.27. The van der Waals surface area contributed by atoms with Crippen LogP contribution in [0.25, 0.3) is 0 Å². The van der Waals surface area contributed by atoms with Crippen LogP contribution in [0.3, 0.4) is 0 Å². The summed E-state index contributed by atoms with van der Waals surface area (Å²) in [6, 6.07) is 16.3. The van der Waals surface area contributed by atoms with Gasteiger partial charge in [0.25, 0.3) is 0 Å². The molecule has 4 nitrogen and oxygen atoms in total. The van der Waals surface area contributed by atoms with Crippen molar-refractivity contribution < 1.29 is 9.59 Å². The van der Waals surface area contributed by atoms with Crippen LogP contribution in [0.15, 0.2) is 48.5 Å². The maximum absolute atomic E-state index is 12.5. The maximum atomic E-state index is 12.5. The van der Waals surface area contributed by atoms with Crippen molar-refractivity contribution in [1.82, 2.24) is 4.90 Å². The van der Waals surface area contributed by atoms with Crippen molar-refractivity contribution in [2.75, 3.05) is 12.4 Å². The Morgan fingerprint density at radius 1 is 0.967 bits per heavy atom. The highest BCUT2D eigenvalue weighted by atomic mass is 16.2. The average molecular weight is 407 g/mol. The van der Waals surface area contributed by atoms with Crippen molar-refractivity contribution in [3.8, 4) is 0 Å². The second-order valence-electron chi connectivity index (χ2n) is 8.39. The highest BCUT2D eigenvalue weighted by molar-refractivity contribution is 6.00. The molecule has 2 aromatic carbocycles. The lowest BCUT2D eigenvalue weighted by molar-refractivity contribution is -0.116. The van der Waals surface area contributed by atoms with E-state index in [9.17, 15) is 9.59 Å². The van der Waals surface area contributed by atoms with Crippen LogP contribution in [0.1, 0.15) is 73.4 Å². The zero-order valence-corrected chi connectivity index (χ0v) is 18.3. The molecule has 1 fully saturated rings. The molecule has 0 bridgehead atoms. The molecule has 1 N–H and O–H groups in total. The van der Waals surface area contributed by atoms with E-state index in [2.05, 4.69) is 30.3 Å². The number of aryl methyl sites for hydroxylation is 1. The number of rotatable bonds is 9. The van der Waals surface area contributed by atoms with E-state index < -0.39 is 0 Å². The molecule has 1 saturated carbocycles. The first-order valence-corrected chi connectivity index (χ1v) is 11.3. The van der Waals surface area contributed by atoms with Crippen molar-refractivity contribution in [2.45, 2.75) is 70.9 Å². The van der Waals surface area contributed by atoms with Crippen molar-refractivity contribution in [3.63, 3.8) is 0 Å². The Morgan fingerprint density at radius 3 is 2.37 bits per heavy atom. The molecule has 30 heavy (non-hydrogen) atoms. The molecular weight excluding hydrogens is 372 g/mol. The largest absolute Gasteiger partial charge is 0.326 e. The van der Waals surface area contributed by atoms with Crippen LogP contribution in [0, 0.1) is 0 Å². The van der Waals surface area contributed by atoms with Gasteiger partial charge in [-0.15, -0.1) is 0 Å². The van der Waals surface area contributed by atoms with Crippen molar-refractivity contribution in [2.24, 2.45) is 0 Å².